The van der Waals surface area contributed by atoms with Crippen LogP contribution in [0.25, 0.3) is 6.08 Å². The van der Waals surface area contributed by atoms with Crippen molar-refractivity contribution in [1.29, 1.82) is 0 Å². The molecule has 1 radical (unpaired) electrons. The van der Waals surface area contributed by atoms with Crippen LogP contribution in [-0.4, -0.2) is 13.5 Å². The van der Waals surface area contributed by atoms with E-state index < -0.39 is 5.82 Å². The van der Waals surface area contributed by atoms with Gasteiger partial charge in [0, 0.05) is 0 Å². The van der Waals surface area contributed by atoms with E-state index in [-0.39, 0.29) is 0 Å². The number of rotatable bonds is 2. The van der Waals surface area contributed by atoms with Crippen LogP contribution in [0.4, 0.5) is 4.39 Å². The van der Waals surface area contributed by atoms with Crippen LogP contribution in [0.2, 0.25) is 0 Å². The number of hydrogen-bond acceptors (Lipinski definition) is 1. The molecule has 0 spiro atoms. The summed E-state index contributed by atoms with van der Waals surface area (Å²) in [5.74, 6) is 1.07. The third-order valence-corrected chi connectivity index (χ3v) is 1.17. The summed E-state index contributed by atoms with van der Waals surface area (Å²) in [5, 5.41) is 0. The van der Waals surface area contributed by atoms with Gasteiger partial charge in [0.25, 0.3) is 0 Å². The number of halogens is 1. The van der Waals surface area contributed by atoms with Crippen LogP contribution in [0.3, 0.4) is 0 Å². The van der Waals surface area contributed by atoms with Crippen LogP contribution in [0, 0.1) is 5.82 Å². The Balaban J connectivity index is 3.25. The average Bonchev–Trinajstić information content (AvgIpc) is 2.30. The summed E-state index contributed by atoms with van der Waals surface area (Å²) < 4.78 is 17.3. The van der Waals surface area contributed by atoms with E-state index in [1.54, 1.807) is 0 Å². The SMILES string of the molecule is [B]=Cc1occ(F)c1C=C. The molecule has 0 amide bonds. The Morgan fingerprint density at radius 3 is 2.80 bits per heavy atom. The molecule has 1 nitrogen and oxygen atoms in total. The molecular weight excluding hydrogens is 130 g/mol. The van der Waals surface area contributed by atoms with Gasteiger partial charge < -0.3 is 0 Å². The van der Waals surface area contributed by atoms with Gasteiger partial charge in [-0.15, -0.1) is 0 Å². The third kappa shape index (κ3) is 0.945. The minimum absolute atomic E-state index is 0.308. The van der Waals surface area contributed by atoms with E-state index in [2.05, 4.69) is 6.58 Å². The molecule has 3 heteroatoms. The van der Waals surface area contributed by atoms with Crippen molar-refractivity contribution in [3.63, 3.8) is 0 Å². The van der Waals surface area contributed by atoms with Crippen LogP contribution < -0.4 is 0 Å². The molecule has 0 aliphatic rings. The van der Waals surface area contributed by atoms with Gasteiger partial charge in [0.2, 0.25) is 0 Å². The van der Waals surface area contributed by atoms with E-state index >= 15 is 0 Å². The summed E-state index contributed by atoms with van der Waals surface area (Å²) in [4.78, 5) is 0. The maximum atomic E-state index is 12.6. The molecular formula is C7H5BFO. The molecule has 0 saturated carbocycles. The first-order valence-electron chi connectivity index (χ1n) is 2.74. The second kappa shape index (κ2) is 2.65. The van der Waals surface area contributed by atoms with Gasteiger partial charge in [0.05, 0.1) is 0 Å². The number of hydrogen-bond donors (Lipinski definition) is 0. The predicted molar refractivity (Wildman–Crippen MR) is 39.7 cm³/mol. The van der Waals surface area contributed by atoms with E-state index in [9.17, 15) is 4.39 Å². The Hall–Kier alpha value is -1.12. The minimum atomic E-state index is -0.438. The van der Waals surface area contributed by atoms with Gasteiger partial charge in [0.1, 0.15) is 0 Å². The molecule has 49 valence electrons. The topological polar surface area (TPSA) is 13.1 Å². The standard InChI is InChI=1S/C7H5BFO/c1-2-5-6(9)4-10-7(5)3-8/h2-4H,1H2. The van der Waals surface area contributed by atoms with Gasteiger partial charge >= 0.3 is 58.3 Å². The van der Waals surface area contributed by atoms with E-state index in [1.807, 2.05) is 0 Å². The van der Waals surface area contributed by atoms with Gasteiger partial charge in [-0.2, -0.15) is 0 Å². The molecule has 0 atom stereocenters. The van der Waals surface area contributed by atoms with Crippen molar-refractivity contribution >= 4 is 19.5 Å². The molecule has 1 heterocycles. The van der Waals surface area contributed by atoms with Crippen molar-refractivity contribution < 1.29 is 8.81 Å². The summed E-state index contributed by atoms with van der Waals surface area (Å²) in [7, 11) is 5.11. The van der Waals surface area contributed by atoms with Gasteiger partial charge in [-0.25, -0.2) is 0 Å². The fourth-order valence-electron chi connectivity index (χ4n) is 0.687. The molecule has 0 aliphatic heterocycles. The normalized spacial score (nSPS) is 9.20. The Morgan fingerprint density at radius 2 is 2.40 bits per heavy atom. The summed E-state index contributed by atoms with van der Waals surface area (Å²) in [6, 6.07) is 0. The fraction of sp³-hybridized carbons (Fsp3) is 0. The molecule has 1 aromatic rings. The molecule has 0 unspecified atom stereocenters. The van der Waals surface area contributed by atoms with Crippen molar-refractivity contribution in [1.82, 2.24) is 0 Å². The monoisotopic (exact) mass is 135 g/mol. The van der Waals surface area contributed by atoms with Gasteiger partial charge in [-0.3, -0.25) is 0 Å². The second-order valence-electron chi connectivity index (χ2n) is 1.73. The van der Waals surface area contributed by atoms with Crippen molar-refractivity contribution in [2.45, 2.75) is 0 Å². The first kappa shape index (κ1) is 7.00. The van der Waals surface area contributed by atoms with Gasteiger partial charge in [-0.05, 0) is 0 Å². The third-order valence-electron chi connectivity index (χ3n) is 1.17. The summed E-state index contributed by atoms with van der Waals surface area (Å²) in [6.07, 6.45) is 2.35. The molecule has 1 aromatic heterocycles. The zero-order valence-corrected chi connectivity index (χ0v) is 5.30. The van der Waals surface area contributed by atoms with Crippen molar-refractivity contribution in [3.8, 4) is 0 Å². The quantitative estimate of drug-likeness (QED) is 0.558. The molecule has 1 rings (SSSR count). The Labute approximate surface area is 59.2 Å². The fourth-order valence-corrected chi connectivity index (χ4v) is 0.687. The average molecular weight is 135 g/mol. The van der Waals surface area contributed by atoms with E-state index in [0.717, 1.165) is 6.26 Å². The molecule has 0 aliphatic carbocycles. The first-order chi connectivity index (χ1) is 4.79. The van der Waals surface area contributed by atoms with E-state index in [0.29, 0.717) is 11.3 Å². The van der Waals surface area contributed by atoms with Crippen LogP contribution >= 0.6 is 0 Å². The Bertz CT molecular complexity index is 265. The zero-order chi connectivity index (χ0) is 7.56. The summed E-state index contributed by atoms with van der Waals surface area (Å²) in [6.45, 7) is 3.40. The molecule has 0 saturated heterocycles. The Kier molecular flexibility index (Phi) is 1.85. The first-order valence-corrected chi connectivity index (χ1v) is 2.74. The number of furan rings is 1. The predicted octanol–water partition coefficient (Wildman–Crippen LogP) is 1.38. The molecule has 10 heavy (non-hydrogen) atoms. The molecule has 0 fully saturated rings. The van der Waals surface area contributed by atoms with Crippen LogP contribution in [-0.2, 0) is 0 Å². The van der Waals surface area contributed by atoms with Crippen LogP contribution in [0.15, 0.2) is 17.3 Å². The molecule has 0 N–H and O–H groups in total. The van der Waals surface area contributed by atoms with Crippen molar-refractivity contribution in [2.24, 2.45) is 0 Å². The Morgan fingerprint density at radius 1 is 1.70 bits per heavy atom. The summed E-state index contributed by atoms with van der Waals surface area (Å²) >= 11 is 0. The van der Waals surface area contributed by atoms with Gasteiger partial charge in [-0.1, -0.05) is 0 Å². The van der Waals surface area contributed by atoms with Gasteiger partial charge in [0.15, 0.2) is 0 Å². The second-order valence-corrected chi connectivity index (χ2v) is 1.73. The zero-order valence-electron chi connectivity index (χ0n) is 5.30. The van der Waals surface area contributed by atoms with E-state index in [1.165, 1.54) is 12.0 Å². The summed E-state index contributed by atoms with van der Waals surface area (Å²) in [5.41, 5.74) is 0.308. The maximum absolute atomic E-state index is 12.6. The molecule has 0 aromatic carbocycles. The van der Waals surface area contributed by atoms with Crippen molar-refractivity contribution in [2.75, 3.05) is 0 Å². The van der Waals surface area contributed by atoms with Crippen molar-refractivity contribution in [3.05, 3.63) is 30.0 Å². The molecule has 0 bridgehead atoms. The van der Waals surface area contributed by atoms with Crippen LogP contribution in [0.1, 0.15) is 11.3 Å². The van der Waals surface area contributed by atoms with E-state index in [4.69, 9.17) is 11.9 Å². The van der Waals surface area contributed by atoms with Crippen LogP contribution in [0.5, 0.6) is 0 Å².